The van der Waals surface area contributed by atoms with Gasteiger partial charge in [-0.25, -0.2) is 4.98 Å². The van der Waals surface area contributed by atoms with E-state index in [1.54, 1.807) is 0 Å². The lowest BCUT2D eigenvalue weighted by Crippen LogP contribution is -2.46. The number of piperidine rings is 1. The molecule has 0 aromatic carbocycles. The highest BCUT2D eigenvalue weighted by Gasteiger charge is 2.33. The molecular formula is C12H18N2O3. The number of carboxylic acids is 1. The molecule has 0 radical (unpaired) electrons. The molecule has 5 nitrogen and oxygen atoms in total. The molecule has 1 aromatic rings. The van der Waals surface area contributed by atoms with E-state index < -0.39 is 12.0 Å². The van der Waals surface area contributed by atoms with Crippen LogP contribution in [0.25, 0.3) is 0 Å². The lowest BCUT2D eigenvalue weighted by molar-refractivity contribution is -0.145. The van der Waals surface area contributed by atoms with Gasteiger partial charge in [0.1, 0.15) is 11.8 Å². The van der Waals surface area contributed by atoms with E-state index >= 15 is 0 Å². The largest absolute Gasteiger partial charge is 0.480 e. The zero-order valence-corrected chi connectivity index (χ0v) is 10.2. The predicted molar refractivity (Wildman–Crippen MR) is 61.6 cm³/mol. The normalized spacial score (nSPS) is 23.5. The van der Waals surface area contributed by atoms with Crippen molar-refractivity contribution in [3.05, 3.63) is 17.8 Å². The van der Waals surface area contributed by atoms with Crippen molar-refractivity contribution in [3.8, 4) is 0 Å². The minimum Gasteiger partial charge on any atom is -0.480 e. The highest BCUT2D eigenvalue weighted by molar-refractivity contribution is 5.73. The van der Waals surface area contributed by atoms with Crippen LogP contribution < -0.4 is 0 Å². The van der Waals surface area contributed by atoms with Gasteiger partial charge in [-0.2, -0.15) is 0 Å². The lowest BCUT2D eigenvalue weighted by atomic mass is 9.99. The fraction of sp³-hybridized carbons (Fsp3) is 0.667. The van der Waals surface area contributed by atoms with E-state index in [-0.39, 0.29) is 6.04 Å². The van der Waals surface area contributed by atoms with Crippen LogP contribution in [0.5, 0.6) is 0 Å². The number of hydrogen-bond acceptors (Lipinski definition) is 4. The number of aliphatic carboxylic acids is 1. The monoisotopic (exact) mass is 238 g/mol. The average Bonchev–Trinajstić information content (AvgIpc) is 2.74. The third-order valence-corrected chi connectivity index (χ3v) is 3.50. The Labute approximate surface area is 100 Å². The summed E-state index contributed by atoms with van der Waals surface area (Å²) in [5.41, 5.74) is 0.846. The van der Waals surface area contributed by atoms with Crippen LogP contribution >= 0.6 is 0 Å². The first-order chi connectivity index (χ1) is 8.11. The van der Waals surface area contributed by atoms with E-state index in [1.807, 2.05) is 18.7 Å². The van der Waals surface area contributed by atoms with Crippen LogP contribution in [0.15, 0.2) is 10.8 Å². The van der Waals surface area contributed by atoms with Gasteiger partial charge in [0.15, 0.2) is 6.39 Å². The summed E-state index contributed by atoms with van der Waals surface area (Å²) in [5.74, 6) is 0.0323. The van der Waals surface area contributed by atoms with Crippen molar-refractivity contribution in [2.24, 2.45) is 0 Å². The van der Waals surface area contributed by atoms with E-state index in [0.29, 0.717) is 0 Å². The molecule has 1 aliphatic rings. The van der Waals surface area contributed by atoms with Gasteiger partial charge >= 0.3 is 5.97 Å². The van der Waals surface area contributed by atoms with Crippen LogP contribution in [-0.2, 0) is 4.79 Å². The Balaban J connectivity index is 2.19. The number of nitrogens with zero attached hydrogens (tertiary/aromatic N) is 2. The van der Waals surface area contributed by atoms with Crippen molar-refractivity contribution in [1.82, 2.24) is 9.88 Å². The maximum absolute atomic E-state index is 11.2. The standard InChI is InChI=1S/C12H18N2O3/c1-8(11-9(2)17-7-13-11)14-6-4-3-5-10(14)12(15)16/h7-8,10H,3-6H2,1-2H3,(H,15,16). The Kier molecular flexibility index (Phi) is 3.47. The maximum atomic E-state index is 11.2. The first-order valence-electron chi connectivity index (χ1n) is 5.99. The maximum Gasteiger partial charge on any atom is 0.320 e. The highest BCUT2D eigenvalue weighted by Crippen LogP contribution is 2.29. The molecule has 0 saturated carbocycles. The molecule has 5 heteroatoms. The summed E-state index contributed by atoms with van der Waals surface area (Å²) in [6, 6.07) is -0.398. The fourth-order valence-electron chi connectivity index (χ4n) is 2.56. The zero-order chi connectivity index (χ0) is 12.4. The first-order valence-corrected chi connectivity index (χ1v) is 5.99. The highest BCUT2D eigenvalue weighted by atomic mass is 16.4. The molecule has 0 aliphatic carbocycles. The molecule has 0 spiro atoms. The van der Waals surface area contributed by atoms with Crippen molar-refractivity contribution in [3.63, 3.8) is 0 Å². The summed E-state index contributed by atoms with van der Waals surface area (Å²) in [7, 11) is 0. The van der Waals surface area contributed by atoms with E-state index in [2.05, 4.69) is 4.98 Å². The quantitative estimate of drug-likeness (QED) is 0.872. The van der Waals surface area contributed by atoms with E-state index in [9.17, 15) is 9.90 Å². The van der Waals surface area contributed by atoms with Gasteiger partial charge in [0.05, 0.1) is 11.7 Å². The number of carboxylic acid groups (broad SMARTS) is 1. The summed E-state index contributed by atoms with van der Waals surface area (Å²) in [4.78, 5) is 17.4. The number of oxazole rings is 1. The Bertz CT molecular complexity index is 402. The molecule has 1 saturated heterocycles. The van der Waals surface area contributed by atoms with Crippen molar-refractivity contribution in [1.29, 1.82) is 0 Å². The number of rotatable bonds is 3. The zero-order valence-electron chi connectivity index (χ0n) is 10.2. The smallest absolute Gasteiger partial charge is 0.320 e. The topological polar surface area (TPSA) is 66.6 Å². The van der Waals surface area contributed by atoms with Gasteiger partial charge in [-0.15, -0.1) is 0 Å². The van der Waals surface area contributed by atoms with Crippen LogP contribution in [0.2, 0.25) is 0 Å². The minimum absolute atomic E-state index is 0.00449. The number of hydrogen-bond donors (Lipinski definition) is 1. The molecule has 2 heterocycles. The SMILES string of the molecule is Cc1ocnc1C(C)N1CCCCC1C(=O)O. The molecule has 0 bridgehead atoms. The molecule has 1 aliphatic heterocycles. The van der Waals surface area contributed by atoms with Gasteiger partial charge in [-0.1, -0.05) is 6.42 Å². The number of likely N-dealkylation sites (tertiary alicyclic amines) is 1. The molecular weight excluding hydrogens is 220 g/mol. The van der Waals surface area contributed by atoms with E-state index in [1.165, 1.54) is 6.39 Å². The summed E-state index contributed by atoms with van der Waals surface area (Å²) < 4.78 is 5.19. The molecule has 17 heavy (non-hydrogen) atoms. The fourth-order valence-corrected chi connectivity index (χ4v) is 2.56. The van der Waals surface area contributed by atoms with Crippen LogP contribution in [0.1, 0.15) is 43.7 Å². The molecule has 0 amide bonds. The van der Waals surface area contributed by atoms with Gasteiger partial charge in [-0.05, 0) is 33.2 Å². The van der Waals surface area contributed by atoms with Gasteiger partial charge < -0.3 is 9.52 Å². The third-order valence-electron chi connectivity index (χ3n) is 3.50. The first kappa shape index (κ1) is 12.1. The van der Waals surface area contributed by atoms with Gasteiger partial charge in [-0.3, -0.25) is 9.69 Å². The third kappa shape index (κ3) is 2.34. The van der Waals surface area contributed by atoms with Crippen LogP contribution in [0, 0.1) is 6.92 Å². The molecule has 2 unspecified atom stereocenters. The Hall–Kier alpha value is -1.36. The summed E-state index contributed by atoms with van der Waals surface area (Å²) in [6.45, 7) is 4.66. The molecule has 2 rings (SSSR count). The number of aryl methyl sites for hydroxylation is 1. The van der Waals surface area contributed by atoms with Crippen LogP contribution in [0.3, 0.4) is 0 Å². The van der Waals surface area contributed by atoms with E-state index in [0.717, 1.165) is 37.3 Å². The van der Waals surface area contributed by atoms with Crippen molar-refractivity contribution in [2.75, 3.05) is 6.54 Å². The van der Waals surface area contributed by atoms with Gasteiger partial charge in [0.2, 0.25) is 0 Å². The Morgan fingerprint density at radius 2 is 2.41 bits per heavy atom. The van der Waals surface area contributed by atoms with Crippen LogP contribution in [-0.4, -0.2) is 33.5 Å². The molecule has 1 N–H and O–H groups in total. The van der Waals surface area contributed by atoms with E-state index in [4.69, 9.17) is 4.42 Å². The number of aromatic nitrogens is 1. The average molecular weight is 238 g/mol. The second-order valence-corrected chi connectivity index (χ2v) is 4.56. The van der Waals surface area contributed by atoms with Gasteiger partial charge in [0.25, 0.3) is 0 Å². The van der Waals surface area contributed by atoms with Crippen LogP contribution in [0.4, 0.5) is 0 Å². The molecule has 94 valence electrons. The second-order valence-electron chi connectivity index (χ2n) is 4.56. The minimum atomic E-state index is -0.738. The summed E-state index contributed by atoms with van der Waals surface area (Å²) in [6.07, 6.45) is 4.17. The lowest BCUT2D eigenvalue weighted by Gasteiger charge is -2.36. The second kappa shape index (κ2) is 4.87. The predicted octanol–water partition coefficient (Wildman–Crippen LogP) is 1.98. The van der Waals surface area contributed by atoms with Crippen molar-refractivity contribution in [2.45, 2.75) is 45.2 Å². The number of carbonyl (C=O) groups is 1. The molecule has 1 fully saturated rings. The Morgan fingerprint density at radius 1 is 1.65 bits per heavy atom. The summed E-state index contributed by atoms with van der Waals surface area (Å²) >= 11 is 0. The molecule has 2 atom stereocenters. The van der Waals surface area contributed by atoms with Gasteiger partial charge in [0, 0.05) is 0 Å². The van der Waals surface area contributed by atoms with Crippen molar-refractivity contribution < 1.29 is 14.3 Å². The summed E-state index contributed by atoms with van der Waals surface area (Å²) in [5, 5.41) is 9.24. The molecule has 1 aromatic heterocycles. The Morgan fingerprint density at radius 3 is 3.00 bits per heavy atom. The van der Waals surface area contributed by atoms with Crippen molar-refractivity contribution >= 4 is 5.97 Å².